The van der Waals surface area contributed by atoms with E-state index in [0.717, 1.165) is 16.7 Å². The molecule has 1 unspecified atom stereocenters. The molecule has 0 radical (unpaired) electrons. The van der Waals surface area contributed by atoms with Crippen molar-refractivity contribution in [3.63, 3.8) is 0 Å². The number of rotatable bonds is 7. The Hall–Kier alpha value is -1.49. The highest BCUT2D eigenvalue weighted by Gasteiger charge is 2.24. The van der Waals surface area contributed by atoms with Crippen LogP contribution >= 0.6 is 12.4 Å². The second-order valence-electron chi connectivity index (χ2n) is 6.78. The first-order chi connectivity index (χ1) is 11.8. The molecule has 0 spiro atoms. The Morgan fingerprint density at radius 3 is 1.92 bits per heavy atom. The van der Waals surface area contributed by atoms with Crippen molar-refractivity contribution in [3.05, 3.63) is 70.3 Å². The van der Waals surface area contributed by atoms with Gasteiger partial charge in [-0.3, -0.25) is 0 Å². The molecule has 1 atom stereocenters. The van der Waals surface area contributed by atoms with Gasteiger partial charge in [-0.25, -0.2) is 8.78 Å². The summed E-state index contributed by atoms with van der Waals surface area (Å²) in [6.45, 7) is 8.72. The second-order valence-corrected chi connectivity index (χ2v) is 6.78. The zero-order chi connectivity index (χ0) is 18.6. The number of nitrogens with zero attached hydrogens (tertiary/aromatic N) is 1. The molecule has 2 aromatic carbocycles. The van der Waals surface area contributed by atoms with Crippen LogP contribution in [0.5, 0.6) is 0 Å². The fraction of sp³-hybridized carbons (Fsp3) is 0.429. The molecule has 144 valence electrons. The number of aryl methyl sites for hydroxylation is 2. The number of hydrogen-bond acceptors (Lipinski definition) is 2. The summed E-state index contributed by atoms with van der Waals surface area (Å²) in [7, 11) is 1.63. The van der Waals surface area contributed by atoms with Gasteiger partial charge in [0.2, 0.25) is 0 Å². The number of halogens is 3. The third-order valence-corrected chi connectivity index (χ3v) is 4.67. The molecule has 2 rings (SSSR count). The maximum Gasteiger partial charge on any atom is 0.129 e. The van der Waals surface area contributed by atoms with E-state index in [1.54, 1.807) is 7.11 Å². The van der Waals surface area contributed by atoms with Crippen LogP contribution in [-0.4, -0.2) is 24.8 Å². The topological polar surface area (TPSA) is 12.5 Å². The normalized spacial score (nSPS) is 12.3. The summed E-state index contributed by atoms with van der Waals surface area (Å²) in [6, 6.07) is 10.3. The minimum atomic E-state index is -0.496. The van der Waals surface area contributed by atoms with Crippen LogP contribution in [0.2, 0.25) is 0 Å². The van der Waals surface area contributed by atoms with Gasteiger partial charge in [0.25, 0.3) is 0 Å². The van der Waals surface area contributed by atoms with E-state index in [9.17, 15) is 8.78 Å². The Kier molecular flexibility index (Phi) is 8.68. The lowest BCUT2D eigenvalue weighted by molar-refractivity contribution is -0.156. The summed E-state index contributed by atoms with van der Waals surface area (Å²) in [5.41, 5.74) is 3.52. The molecule has 2 aromatic rings. The van der Waals surface area contributed by atoms with Crippen molar-refractivity contribution >= 4 is 12.4 Å². The summed E-state index contributed by atoms with van der Waals surface area (Å²) >= 11 is 0. The van der Waals surface area contributed by atoms with Gasteiger partial charge >= 0.3 is 0 Å². The lowest BCUT2D eigenvalue weighted by atomic mass is 9.85. The average molecular weight is 384 g/mol. The Balaban J connectivity index is 0.00000338. The van der Waals surface area contributed by atoms with Gasteiger partial charge in [-0.1, -0.05) is 24.3 Å². The summed E-state index contributed by atoms with van der Waals surface area (Å²) in [5, 5.41) is 1.86. The van der Waals surface area contributed by atoms with E-state index in [-0.39, 0.29) is 36.4 Å². The molecule has 0 aromatic heterocycles. The number of hydroxylamine groups is 2. The Bertz CT molecular complexity index is 681. The monoisotopic (exact) mass is 383 g/mol. The standard InChI is InChI=1S/C21H27F2NO.ClH/c1-14(2)24(25-5)13-17(21-15(3)8-6-9-16(21)4)12-18-19(22)10-7-11-20(18)23;/h6-11,14,17H,12-13H2,1-5H3;1H. The minimum Gasteiger partial charge on any atom is -0.302 e. The molecular formula is C21H28ClF2NO. The third kappa shape index (κ3) is 5.26. The molecule has 0 saturated heterocycles. The first-order valence-corrected chi connectivity index (χ1v) is 8.64. The van der Waals surface area contributed by atoms with E-state index in [1.807, 2.05) is 51.0 Å². The fourth-order valence-corrected chi connectivity index (χ4v) is 3.42. The van der Waals surface area contributed by atoms with E-state index in [2.05, 4.69) is 0 Å². The van der Waals surface area contributed by atoms with Gasteiger partial charge < -0.3 is 4.84 Å². The van der Waals surface area contributed by atoms with E-state index in [1.165, 1.54) is 18.2 Å². The van der Waals surface area contributed by atoms with Gasteiger partial charge in [0.15, 0.2) is 0 Å². The van der Waals surface area contributed by atoms with Gasteiger partial charge in [-0.15, -0.1) is 12.4 Å². The fourth-order valence-electron chi connectivity index (χ4n) is 3.42. The van der Waals surface area contributed by atoms with Crippen molar-refractivity contribution in [1.29, 1.82) is 0 Å². The van der Waals surface area contributed by atoms with Crippen LogP contribution in [-0.2, 0) is 11.3 Å². The Labute approximate surface area is 161 Å². The van der Waals surface area contributed by atoms with Crippen molar-refractivity contribution in [3.8, 4) is 0 Å². The lowest BCUT2D eigenvalue weighted by Gasteiger charge is -2.30. The number of hydrogen-bond donors (Lipinski definition) is 0. The molecular weight excluding hydrogens is 356 g/mol. The van der Waals surface area contributed by atoms with Crippen LogP contribution < -0.4 is 0 Å². The van der Waals surface area contributed by atoms with Crippen molar-refractivity contribution < 1.29 is 13.6 Å². The minimum absolute atomic E-state index is 0. The molecule has 5 heteroatoms. The molecule has 0 aliphatic carbocycles. The maximum absolute atomic E-state index is 14.2. The van der Waals surface area contributed by atoms with E-state index >= 15 is 0 Å². The average Bonchev–Trinajstić information content (AvgIpc) is 2.54. The Morgan fingerprint density at radius 1 is 0.962 bits per heavy atom. The molecule has 0 aliphatic heterocycles. The molecule has 26 heavy (non-hydrogen) atoms. The predicted octanol–water partition coefficient (Wildman–Crippen LogP) is 5.60. The van der Waals surface area contributed by atoms with Gasteiger partial charge in [-0.05, 0) is 62.9 Å². The lowest BCUT2D eigenvalue weighted by Crippen LogP contribution is -2.35. The van der Waals surface area contributed by atoms with Crippen molar-refractivity contribution in [2.45, 2.75) is 46.1 Å². The van der Waals surface area contributed by atoms with Crippen LogP contribution in [0.3, 0.4) is 0 Å². The smallest absolute Gasteiger partial charge is 0.129 e. The van der Waals surface area contributed by atoms with Crippen LogP contribution in [0.25, 0.3) is 0 Å². The largest absolute Gasteiger partial charge is 0.302 e. The first kappa shape index (κ1) is 22.6. The second kappa shape index (κ2) is 10.0. The highest BCUT2D eigenvalue weighted by Crippen LogP contribution is 2.30. The zero-order valence-electron chi connectivity index (χ0n) is 16.1. The molecule has 0 amide bonds. The van der Waals surface area contributed by atoms with E-state index in [0.29, 0.717) is 6.54 Å². The van der Waals surface area contributed by atoms with Gasteiger partial charge in [-0.2, -0.15) is 5.06 Å². The van der Waals surface area contributed by atoms with Crippen LogP contribution in [0.15, 0.2) is 36.4 Å². The zero-order valence-corrected chi connectivity index (χ0v) is 16.9. The van der Waals surface area contributed by atoms with Gasteiger partial charge in [0.1, 0.15) is 11.6 Å². The third-order valence-electron chi connectivity index (χ3n) is 4.67. The summed E-state index contributed by atoms with van der Waals surface area (Å²) in [4.78, 5) is 5.49. The molecule has 2 nitrogen and oxygen atoms in total. The molecule has 0 heterocycles. The van der Waals surface area contributed by atoms with Crippen molar-refractivity contribution in [2.24, 2.45) is 0 Å². The first-order valence-electron chi connectivity index (χ1n) is 8.64. The Morgan fingerprint density at radius 2 is 1.46 bits per heavy atom. The molecule has 0 fully saturated rings. The summed E-state index contributed by atoms with van der Waals surface area (Å²) in [6.07, 6.45) is 0.288. The van der Waals surface area contributed by atoms with E-state index in [4.69, 9.17) is 4.84 Å². The quantitative estimate of drug-likeness (QED) is 0.577. The SMILES string of the molecule is CON(CC(Cc1c(F)cccc1F)c1c(C)cccc1C)C(C)C.Cl. The summed E-state index contributed by atoms with van der Waals surface area (Å²) < 4.78 is 28.4. The van der Waals surface area contributed by atoms with Crippen LogP contribution in [0, 0.1) is 25.5 Å². The van der Waals surface area contributed by atoms with Gasteiger partial charge in [0.05, 0.1) is 7.11 Å². The van der Waals surface area contributed by atoms with Gasteiger partial charge in [0, 0.05) is 24.1 Å². The van der Waals surface area contributed by atoms with Crippen molar-refractivity contribution in [1.82, 2.24) is 5.06 Å². The van der Waals surface area contributed by atoms with Crippen LogP contribution in [0.1, 0.15) is 42.0 Å². The van der Waals surface area contributed by atoms with Crippen molar-refractivity contribution in [2.75, 3.05) is 13.7 Å². The molecule has 0 bridgehead atoms. The highest BCUT2D eigenvalue weighted by atomic mass is 35.5. The van der Waals surface area contributed by atoms with E-state index < -0.39 is 11.6 Å². The molecule has 0 N–H and O–H groups in total. The molecule has 0 aliphatic rings. The van der Waals surface area contributed by atoms with Crippen LogP contribution in [0.4, 0.5) is 8.78 Å². The number of benzene rings is 2. The molecule has 0 saturated carbocycles. The predicted molar refractivity (Wildman–Crippen MR) is 105 cm³/mol. The maximum atomic E-state index is 14.2. The highest BCUT2D eigenvalue weighted by molar-refractivity contribution is 5.85. The summed E-state index contributed by atoms with van der Waals surface area (Å²) in [5.74, 6) is -1.07.